The molecule has 1 aromatic carbocycles. The Kier molecular flexibility index (Phi) is 11.7. The molecule has 2 N–H and O–H groups in total. The van der Waals surface area contributed by atoms with Gasteiger partial charge in [-0.15, -0.1) is 0 Å². The molecule has 6 rings (SSSR count). The van der Waals surface area contributed by atoms with Crippen LogP contribution in [0.4, 0.5) is 0 Å². The molecule has 1 aliphatic carbocycles. The molecule has 9 heteroatoms. The van der Waals surface area contributed by atoms with Gasteiger partial charge in [-0.2, -0.15) is 0 Å². The molecule has 8 nitrogen and oxygen atoms in total. The summed E-state index contributed by atoms with van der Waals surface area (Å²) in [5.74, 6) is 0.475. The van der Waals surface area contributed by atoms with Crippen LogP contribution in [0.15, 0.2) is 30.5 Å². The van der Waals surface area contributed by atoms with Crippen molar-refractivity contribution in [2.24, 2.45) is 5.41 Å². The number of rotatable bonds is 13. The highest BCUT2D eigenvalue weighted by atomic mass is 16.5. The summed E-state index contributed by atoms with van der Waals surface area (Å²) >= 11 is 0. The van der Waals surface area contributed by atoms with Crippen LogP contribution >= 0.6 is 0 Å². The van der Waals surface area contributed by atoms with Crippen LogP contribution in [-0.2, 0) is 27.2 Å². The van der Waals surface area contributed by atoms with E-state index in [2.05, 4.69) is 54.6 Å². The Balaban J connectivity index is 0.00000204. The summed E-state index contributed by atoms with van der Waals surface area (Å²) in [5, 5.41) is 22.1. The molecular formula is C37H56BN3O5. The van der Waals surface area contributed by atoms with E-state index in [1.165, 1.54) is 24.0 Å². The number of nitrogens with zero attached hydrogens (tertiary/aromatic N) is 3. The Morgan fingerprint density at radius 1 is 1.11 bits per heavy atom. The molecule has 4 heterocycles. The third-order valence-electron chi connectivity index (χ3n) is 9.97. The normalized spacial score (nSPS) is 18.7. The summed E-state index contributed by atoms with van der Waals surface area (Å²) in [4.78, 5) is 7.70. The highest BCUT2D eigenvalue weighted by molar-refractivity contribution is 6.65. The Morgan fingerprint density at radius 2 is 1.83 bits per heavy atom. The molecule has 0 spiro atoms. The van der Waals surface area contributed by atoms with Crippen molar-refractivity contribution in [3.8, 4) is 11.3 Å². The van der Waals surface area contributed by atoms with Crippen LogP contribution in [0.25, 0.3) is 22.2 Å². The zero-order chi connectivity index (χ0) is 33.0. The molecule has 1 saturated carbocycles. The topological polar surface area (TPSA) is 89.2 Å². The third kappa shape index (κ3) is 7.72. The van der Waals surface area contributed by atoms with E-state index < -0.39 is 6.92 Å². The molecule has 0 bridgehead atoms. The number of ether oxygens (including phenoxy) is 3. The number of benzene rings is 1. The van der Waals surface area contributed by atoms with Gasteiger partial charge in [0.2, 0.25) is 0 Å². The third-order valence-corrected chi connectivity index (χ3v) is 9.97. The van der Waals surface area contributed by atoms with Gasteiger partial charge in [0.15, 0.2) is 0 Å². The Labute approximate surface area is 276 Å². The second kappa shape index (κ2) is 15.3. The van der Waals surface area contributed by atoms with Crippen molar-refractivity contribution in [2.45, 2.75) is 104 Å². The van der Waals surface area contributed by atoms with Gasteiger partial charge in [0.05, 0.1) is 30.2 Å². The van der Waals surface area contributed by atoms with Gasteiger partial charge in [0.25, 0.3) is 0 Å². The zero-order valence-corrected chi connectivity index (χ0v) is 29.2. The average Bonchev–Trinajstić information content (AvgIpc) is 3.84. The van der Waals surface area contributed by atoms with Crippen molar-refractivity contribution in [2.75, 3.05) is 46.6 Å². The van der Waals surface area contributed by atoms with Gasteiger partial charge >= 0.3 is 6.92 Å². The van der Waals surface area contributed by atoms with Crippen LogP contribution < -0.4 is 5.46 Å². The second-order valence-electron chi connectivity index (χ2n) is 14.1. The SMILES string of the molecule is CC.COC(C)c1ncc(C2CN(C3CC3)C2)cc1-c1c(CC(C)(C)CO)c2cc(B(C)O)ccc2n1CCOC1CCOCC1. The summed E-state index contributed by atoms with van der Waals surface area (Å²) in [6.45, 7) is 16.5. The maximum atomic E-state index is 10.6. The first-order valence-corrected chi connectivity index (χ1v) is 17.6. The first-order chi connectivity index (χ1) is 22.2. The van der Waals surface area contributed by atoms with E-state index in [1.807, 2.05) is 26.7 Å². The fourth-order valence-corrected chi connectivity index (χ4v) is 6.91. The molecule has 0 radical (unpaired) electrons. The molecule has 0 amide bonds. The summed E-state index contributed by atoms with van der Waals surface area (Å²) in [6, 6.07) is 9.45. The van der Waals surface area contributed by atoms with Crippen LogP contribution in [0.3, 0.4) is 0 Å². The molecule has 2 saturated heterocycles. The highest BCUT2D eigenvalue weighted by Crippen LogP contribution is 2.43. The van der Waals surface area contributed by atoms with Gasteiger partial charge < -0.3 is 28.9 Å². The van der Waals surface area contributed by atoms with Crippen molar-refractivity contribution >= 4 is 23.3 Å². The number of fused-ring (bicyclic) bond motifs is 1. The Morgan fingerprint density at radius 3 is 2.46 bits per heavy atom. The number of likely N-dealkylation sites (tertiary alicyclic amines) is 1. The van der Waals surface area contributed by atoms with Gasteiger partial charge in [-0.05, 0) is 73.2 Å². The van der Waals surface area contributed by atoms with Crippen LogP contribution in [0, 0.1) is 5.41 Å². The molecule has 3 fully saturated rings. The minimum Gasteiger partial charge on any atom is -0.447 e. The monoisotopic (exact) mass is 633 g/mol. The second-order valence-corrected chi connectivity index (χ2v) is 14.1. The summed E-state index contributed by atoms with van der Waals surface area (Å²) in [7, 11) is 1.74. The number of aliphatic hydroxyl groups is 1. The fourth-order valence-electron chi connectivity index (χ4n) is 6.91. The molecule has 1 unspecified atom stereocenters. The highest BCUT2D eigenvalue weighted by Gasteiger charge is 2.39. The smallest absolute Gasteiger partial charge is 0.320 e. The first-order valence-electron chi connectivity index (χ1n) is 17.6. The molecule has 2 aromatic heterocycles. The van der Waals surface area contributed by atoms with Crippen LogP contribution in [0.2, 0.25) is 6.82 Å². The van der Waals surface area contributed by atoms with E-state index in [0.717, 1.165) is 78.5 Å². The maximum Gasteiger partial charge on any atom is 0.320 e. The Bertz CT molecular complexity index is 1440. The number of methoxy groups -OCH3 is 1. The largest absolute Gasteiger partial charge is 0.447 e. The van der Waals surface area contributed by atoms with Gasteiger partial charge in [0, 0.05) is 81.2 Å². The molecule has 3 aromatic rings. The van der Waals surface area contributed by atoms with E-state index in [0.29, 0.717) is 25.5 Å². The Hall–Kier alpha value is -2.27. The molecule has 252 valence electrons. The predicted molar refractivity (Wildman–Crippen MR) is 187 cm³/mol. The van der Waals surface area contributed by atoms with Crippen molar-refractivity contribution in [1.29, 1.82) is 0 Å². The standard InChI is InChI=1S/C35H50BN3O5.C2H6/c1-23(42-5)33-30(16-24(19-37-33)25-20-38(21-25)27-7-8-27)34-31(18-35(2,3)22-40)29-17-26(36(4)41)6-9-32(29)39(34)12-15-44-28-10-13-43-14-11-28;1-2/h6,9,16-17,19,23,25,27-28,40-41H,7-8,10-15,18,20-22H2,1-5H3;1-2H3. The predicted octanol–water partition coefficient (Wildman–Crippen LogP) is 5.58. The fraction of sp³-hybridized carbons (Fsp3) is 0.649. The number of pyridine rings is 1. The van der Waals surface area contributed by atoms with Crippen molar-refractivity contribution in [3.05, 3.63) is 47.3 Å². The lowest BCUT2D eigenvalue weighted by atomic mass is 9.64. The lowest BCUT2D eigenvalue weighted by molar-refractivity contribution is -0.0336. The van der Waals surface area contributed by atoms with E-state index in [9.17, 15) is 10.1 Å². The minimum absolute atomic E-state index is 0.0702. The summed E-state index contributed by atoms with van der Waals surface area (Å²) < 4.78 is 20.3. The van der Waals surface area contributed by atoms with Gasteiger partial charge in [-0.25, -0.2) is 0 Å². The van der Waals surface area contributed by atoms with E-state index >= 15 is 0 Å². The van der Waals surface area contributed by atoms with Crippen molar-refractivity contribution in [3.63, 3.8) is 0 Å². The van der Waals surface area contributed by atoms with Crippen LogP contribution in [0.5, 0.6) is 0 Å². The van der Waals surface area contributed by atoms with Crippen LogP contribution in [-0.4, -0.2) is 90.3 Å². The lowest BCUT2D eigenvalue weighted by Gasteiger charge is -2.40. The summed E-state index contributed by atoms with van der Waals surface area (Å²) in [6.07, 6.45) is 7.26. The number of aromatic nitrogens is 2. The average molecular weight is 634 g/mol. The zero-order valence-electron chi connectivity index (χ0n) is 29.2. The molecular weight excluding hydrogens is 577 g/mol. The molecule has 46 heavy (non-hydrogen) atoms. The molecule has 3 aliphatic rings. The quantitative estimate of drug-likeness (QED) is 0.238. The van der Waals surface area contributed by atoms with Gasteiger partial charge in [0.1, 0.15) is 0 Å². The molecule has 1 atom stereocenters. The number of hydrogen-bond acceptors (Lipinski definition) is 7. The lowest BCUT2D eigenvalue weighted by Crippen LogP contribution is -2.46. The number of hydrogen-bond donors (Lipinski definition) is 2. The van der Waals surface area contributed by atoms with Crippen molar-refractivity contribution in [1.82, 2.24) is 14.5 Å². The van der Waals surface area contributed by atoms with E-state index in [4.69, 9.17) is 19.2 Å². The van der Waals surface area contributed by atoms with Gasteiger partial charge in [-0.1, -0.05) is 46.7 Å². The van der Waals surface area contributed by atoms with E-state index in [1.54, 1.807) is 7.11 Å². The van der Waals surface area contributed by atoms with Gasteiger partial charge in [-0.3, -0.25) is 9.88 Å². The minimum atomic E-state index is -0.580. The number of aliphatic hydroxyl groups excluding tert-OH is 1. The summed E-state index contributed by atoms with van der Waals surface area (Å²) in [5.41, 5.74) is 7.22. The van der Waals surface area contributed by atoms with Crippen LogP contribution in [0.1, 0.15) is 89.1 Å². The molecule has 2 aliphatic heterocycles. The van der Waals surface area contributed by atoms with Crippen molar-refractivity contribution < 1.29 is 24.3 Å². The van der Waals surface area contributed by atoms with E-state index in [-0.39, 0.29) is 24.2 Å². The first kappa shape index (κ1) is 35.1. The maximum absolute atomic E-state index is 10.6.